The maximum Gasteiger partial charge on any atom is 0.128 e. The average molecular weight is 315 g/mol. The molecule has 2 aromatic rings. The molecular weight excluding hydrogens is 286 g/mol. The predicted molar refractivity (Wildman–Crippen MR) is 98.4 cm³/mol. The number of hydrogen-bond acceptors (Lipinski definition) is 5. The molecule has 5 nitrogen and oxygen atoms in total. The van der Waals surface area contributed by atoms with Crippen LogP contribution in [0.15, 0.2) is 54.7 Å². The highest BCUT2D eigenvalue weighted by atomic mass is 15.2. The normalized spacial score (nSPS) is 10.1. The van der Waals surface area contributed by atoms with Crippen LogP contribution in [0.3, 0.4) is 0 Å². The van der Waals surface area contributed by atoms with Gasteiger partial charge < -0.3 is 21.3 Å². The van der Waals surface area contributed by atoms with Crippen molar-refractivity contribution in [1.82, 2.24) is 9.88 Å². The first-order valence-electron chi connectivity index (χ1n) is 7.92. The molecule has 0 amide bonds. The molecule has 0 atom stereocenters. The summed E-state index contributed by atoms with van der Waals surface area (Å²) in [4.78, 5) is 8.97. The molecule has 0 aliphatic carbocycles. The molecule has 0 fully saturated rings. The van der Waals surface area contributed by atoms with Crippen molar-refractivity contribution in [2.45, 2.75) is 6.54 Å². The molecule has 0 aliphatic rings. The van der Waals surface area contributed by atoms with Crippen LogP contribution in [0.4, 0.5) is 5.82 Å². The van der Waals surface area contributed by atoms with Gasteiger partial charge in [-0.3, -0.25) is 0 Å². The standard InChI is InChI=1S/C16H21N3.C2H8N2/c1-18(2)12-13-19(16-10-6-7-11-17-16)14-15-8-4-3-5-9-15;3-1-2-4/h3-11H,12-14H2,1-2H3;1-4H2. The van der Waals surface area contributed by atoms with E-state index in [9.17, 15) is 0 Å². The second-order valence-corrected chi connectivity index (χ2v) is 5.48. The summed E-state index contributed by atoms with van der Waals surface area (Å²) in [5, 5.41) is 0. The Morgan fingerprint density at radius 1 is 0.870 bits per heavy atom. The quantitative estimate of drug-likeness (QED) is 0.811. The summed E-state index contributed by atoms with van der Waals surface area (Å²) in [5.74, 6) is 1.04. The first kappa shape index (κ1) is 19.1. The second-order valence-electron chi connectivity index (χ2n) is 5.48. The molecule has 4 N–H and O–H groups in total. The van der Waals surface area contributed by atoms with Gasteiger partial charge in [-0.15, -0.1) is 0 Å². The molecule has 0 aliphatic heterocycles. The van der Waals surface area contributed by atoms with Crippen LogP contribution in [0.2, 0.25) is 0 Å². The molecule has 2 rings (SSSR count). The molecule has 5 heteroatoms. The molecule has 1 aromatic heterocycles. The minimum absolute atomic E-state index is 0.597. The number of hydrogen-bond donors (Lipinski definition) is 2. The minimum atomic E-state index is 0.597. The van der Waals surface area contributed by atoms with Crippen LogP contribution in [0.5, 0.6) is 0 Å². The Hall–Kier alpha value is -1.95. The van der Waals surface area contributed by atoms with E-state index in [1.165, 1.54) is 5.56 Å². The average Bonchev–Trinajstić information content (AvgIpc) is 2.60. The largest absolute Gasteiger partial charge is 0.351 e. The fraction of sp³-hybridized carbons (Fsp3) is 0.389. The van der Waals surface area contributed by atoms with Crippen LogP contribution in [-0.4, -0.2) is 50.2 Å². The lowest BCUT2D eigenvalue weighted by atomic mass is 10.2. The molecule has 126 valence electrons. The first-order valence-corrected chi connectivity index (χ1v) is 7.92. The molecule has 0 spiro atoms. The summed E-state index contributed by atoms with van der Waals surface area (Å²) >= 11 is 0. The third-order valence-corrected chi connectivity index (χ3v) is 3.17. The second kappa shape index (κ2) is 11.6. The Morgan fingerprint density at radius 2 is 1.52 bits per heavy atom. The van der Waals surface area contributed by atoms with Crippen LogP contribution in [0.1, 0.15) is 5.56 Å². The number of nitrogens with zero attached hydrogens (tertiary/aromatic N) is 3. The highest BCUT2D eigenvalue weighted by Crippen LogP contribution is 2.13. The zero-order chi connectivity index (χ0) is 16.9. The van der Waals surface area contributed by atoms with E-state index in [1.54, 1.807) is 0 Å². The highest BCUT2D eigenvalue weighted by molar-refractivity contribution is 5.39. The summed E-state index contributed by atoms with van der Waals surface area (Å²) in [7, 11) is 4.19. The fourth-order valence-electron chi connectivity index (χ4n) is 1.94. The smallest absolute Gasteiger partial charge is 0.128 e. The van der Waals surface area contributed by atoms with E-state index in [1.807, 2.05) is 18.3 Å². The Labute approximate surface area is 139 Å². The van der Waals surface area contributed by atoms with Gasteiger partial charge in [0.15, 0.2) is 0 Å². The zero-order valence-corrected chi connectivity index (χ0v) is 14.2. The van der Waals surface area contributed by atoms with Gasteiger partial charge in [0.05, 0.1) is 0 Å². The van der Waals surface area contributed by atoms with Gasteiger partial charge in [-0.2, -0.15) is 0 Å². The van der Waals surface area contributed by atoms with Gasteiger partial charge in [-0.1, -0.05) is 36.4 Å². The van der Waals surface area contributed by atoms with E-state index in [2.05, 4.69) is 65.3 Å². The molecule has 1 heterocycles. The number of rotatable bonds is 7. The summed E-state index contributed by atoms with van der Waals surface area (Å²) in [6.07, 6.45) is 1.85. The lowest BCUT2D eigenvalue weighted by Crippen LogP contribution is -2.31. The van der Waals surface area contributed by atoms with Crippen LogP contribution in [-0.2, 0) is 6.54 Å². The number of benzene rings is 1. The summed E-state index contributed by atoms with van der Waals surface area (Å²) < 4.78 is 0. The van der Waals surface area contributed by atoms with Gasteiger partial charge in [0.2, 0.25) is 0 Å². The van der Waals surface area contributed by atoms with Gasteiger partial charge in [0.1, 0.15) is 5.82 Å². The van der Waals surface area contributed by atoms with Crippen molar-refractivity contribution in [3.63, 3.8) is 0 Å². The Balaban J connectivity index is 0.000000593. The fourth-order valence-corrected chi connectivity index (χ4v) is 1.94. The first-order chi connectivity index (χ1) is 11.2. The van der Waals surface area contributed by atoms with E-state index in [-0.39, 0.29) is 0 Å². The molecule has 0 saturated heterocycles. The van der Waals surface area contributed by atoms with Crippen LogP contribution < -0.4 is 16.4 Å². The van der Waals surface area contributed by atoms with Crippen molar-refractivity contribution in [3.05, 3.63) is 60.3 Å². The number of anilines is 1. The number of likely N-dealkylation sites (N-methyl/N-ethyl adjacent to an activating group) is 1. The Bertz CT molecular complexity index is 499. The molecule has 0 bridgehead atoms. The van der Waals surface area contributed by atoms with E-state index < -0.39 is 0 Å². The Morgan fingerprint density at radius 3 is 2.04 bits per heavy atom. The van der Waals surface area contributed by atoms with Crippen molar-refractivity contribution in [2.75, 3.05) is 45.2 Å². The van der Waals surface area contributed by atoms with E-state index in [0.717, 1.165) is 25.5 Å². The Kier molecular flexibility index (Phi) is 9.63. The lowest BCUT2D eigenvalue weighted by Gasteiger charge is -2.25. The predicted octanol–water partition coefficient (Wildman–Crippen LogP) is 1.55. The van der Waals surface area contributed by atoms with Gasteiger partial charge in [-0.05, 0) is 31.8 Å². The highest BCUT2D eigenvalue weighted by Gasteiger charge is 2.08. The molecule has 0 radical (unpaired) electrons. The van der Waals surface area contributed by atoms with Crippen molar-refractivity contribution >= 4 is 5.82 Å². The number of nitrogens with two attached hydrogens (primary N) is 2. The topological polar surface area (TPSA) is 71.4 Å². The summed E-state index contributed by atoms with van der Waals surface area (Å²) in [6.45, 7) is 4.08. The maximum atomic E-state index is 4.90. The van der Waals surface area contributed by atoms with Crippen LogP contribution in [0, 0.1) is 0 Å². The van der Waals surface area contributed by atoms with Crippen molar-refractivity contribution < 1.29 is 0 Å². The van der Waals surface area contributed by atoms with Gasteiger partial charge in [0, 0.05) is 38.9 Å². The van der Waals surface area contributed by atoms with Gasteiger partial charge in [-0.25, -0.2) is 4.98 Å². The summed E-state index contributed by atoms with van der Waals surface area (Å²) in [6, 6.07) is 16.6. The maximum absolute atomic E-state index is 4.90. The zero-order valence-electron chi connectivity index (χ0n) is 14.2. The monoisotopic (exact) mass is 315 g/mol. The lowest BCUT2D eigenvalue weighted by molar-refractivity contribution is 0.412. The number of pyridine rings is 1. The van der Waals surface area contributed by atoms with Crippen LogP contribution in [0.25, 0.3) is 0 Å². The van der Waals surface area contributed by atoms with Crippen molar-refractivity contribution in [3.8, 4) is 0 Å². The minimum Gasteiger partial charge on any atom is -0.351 e. The molecule has 0 saturated carbocycles. The third kappa shape index (κ3) is 8.30. The van der Waals surface area contributed by atoms with Crippen molar-refractivity contribution in [2.24, 2.45) is 11.5 Å². The molecule has 1 aromatic carbocycles. The van der Waals surface area contributed by atoms with E-state index >= 15 is 0 Å². The van der Waals surface area contributed by atoms with E-state index in [0.29, 0.717) is 13.1 Å². The summed E-state index contributed by atoms with van der Waals surface area (Å²) in [5.41, 5.74) is 11.1. The van der Waals surface area contributed by atoms with E-state index in [4.69, 9.17) is 11.5 Å². The van der Waals surface area contributed by atoms with Crippen molar-refractivity contribution in [1.29, 1.82) is 0 Å². The third-order valence-electron chi connectivity index (χ3n) is 3.17. The number of aromatic nitrogens is 1. The molecular formula is C18H29N5. The molecule has 0 unspecified atom stereocenters. The SMILES string of the molecule is CN(C)CCN(Cc1ccccc1)c1ccccn1.NCCN. The van der Waals surface area contributed by atoms with Gasteiger partial charge >= 0.3 is 0 Å². The molecule has 23 heavy (non-hydrogen) atoms. The van der Waals surface area contributed by atoms with Crippen LogP contribution >= 0.6 is 0 Å². The van der Waals surface area contributed by atoms with Gasteiger partial charge in [0.25, 0.3) is 0 Å².